The molecular weight excluding hydrogens is 480 g/mol. The maximum atomic E-state index is 14.0. The lowest BCUT2D eigenvalue weighted by Crippen LogP contribution is -2.58. The molecule has 2 aliphatic heterocycles. The van der Waals surface area contributed by atoms with Crippen LogP contribution >= 0.6 is 0 Å². The second-order valence-electron chi connectivity index (χ2n) is 14.1. The Balaban J connectivity index is 2.63. The molecule has 8 nitrogen and oxygen atoms in total. The number of hydrogen-bond donors (Lipinski definition) is 0. The number of carbonyl (C=O) groups is 2. The molecule has 0 aromatic rings. The molecule has 0 bridgehead atoms. The van der Waals surface area contributed by atoms with Gasteiger partial charge in [0.15, 0.2) is 22.8 Å². The second kappa shape index (κ2) is 9.26. The van der Waals surface area contributed by atoms with E-state index in [1.54, 1.807) is 20.8 Å². The van der Waals surface area contributed by atoms with Crippen molar-refractivity contribution in [1.82, 2.24) is 4.90 Å². The molecule has 0 radical (unpaired) electrons. The molecule has 0 unspecified atom stereocenters. The van der Waals surface area contributed by atoms with Gasteiger partial charge in [0.05, 0.1) is 12.6 Å². The first kappa shape index (κ1) is 30.0. The number of hydrogen-bond acceptors (Lipinski definition) is 6. The fraction of sp³-hybridized carbons (Fsp3) is 0.880. The number of amides is 2. The van der Waals surface area contributed by atoms with Gasteiger partial charge in [-0.2, -0.15) is 4.74 Å². The maximum absolute atomic E-state index is 14.0. The monoisotopic (exact) mass is 528 g/mol. The van der Waals surface area contributed by atoms with Crippen molar-refractivity contribution in [1.29, 1.82) is 0 Å². The Bertz CT molecular complexity index is 867. The number of nitrogens with zero attached hydrogens (tertiary/aromatic N) is 2. The lowest BCUT2D eigenvalue weighted by Gasteiger charge is -2.43. The third kappa shape index (κ3) is 5.70. The highest BCUT2D eigenvalue weighted by molar-refractivity contribution is 6.74. The standard InChI is InChI=1S/C25H48N2O6Si2/c1-22(2,3)32-21(29)27-18(17-31-34(10,11)23(4,5)6)19(33-35(12,13)24(7,8)9)25(20(27)28)15-14-16-26(25)30/h16,18-19H,14-15,17H2,1-13H3/t18-,19-,25+/m0/s1. The van der Waals surface area contributed by atoms with Gasteiger partial charge in [0.25, 0.3) is 5.54 Å². The summed E-state index contributed by atoms with van der Waals surface area (Å²) in [6, 6.07) is -0.761. The van der Waals surface area contributed by atoms with Crippen LogP contribution in [0.25, 0.3) is 0 Å². The Morgan fingerprint density at radius 1 is 1.06 bits per heavy atom. The van der Waals surface area contributed by atoms with Crippen LogP contribution in [0.15, 0.2) is 0 Å². The molecule has 1 spiro atoms. The van der Waals surface area contributed by atoms with Crippen molar-refractivity contribution in [3.63, 3.8) is 0 Å². The summed E-state index contributed by atoms with van der Waals surface area (Å²) in [7, 11) is -4.67. The molecule has 0 aromatic heterocycles. The van der Waals surface area contributed by atoms with Crippen LogP contribution < -0.4 is 0 Å². The van der Waals surface area contributed by atoms with Gasteiger partial charge in [0.2, 0.25) is 0 Å². The summed E-state index contributed by atoms with van der Waals surface area (Å²) in [5.41, 5.74) is -2.29. The molecule has 2 amide bonds. The molecule has 10 heteroatoms. The minimum Gasteiger partial charge on any atom is -0.623 e. The number of likely N-dealkylation sites (tertiary alicyclic amines) is 1. The van der Waals surface area contributed by atoms with Crippen molar-refractivity contribution >= 4 is 34.8 Å². The zero-order valence-corrected chi connectivity index (χ0v) is 26.2. The molecule has 0 saturated carbocycles. The van der Waals surface area contributed by atoms with Crippen LogP contribution in [-0.2, 0) is 18.4 Å². The van der Waals surface area contributed by atoms with Gasteiger partial charge in [-0.3, -0.25) is 4.79 Å². The molecule has 2 rings (SSSR count). The lowest BCUT2D eigenvalue weighted by atomic mass is 9.90. The van der Waals surface area contributed by atoms with Gasteiger partial charge in [-0.15, -0.1) is 0 Å². The summed E-state index contributed by atoms with van der Waals surface area (Å²) in [6.07, 6.45) is 0.663. The number of imide groups is 1. The minimum absolute atomic E-state index is 0.0639. The Morgan fingerprint density at radius 3 is 1.97 bits per heavy atom. The zero-order valence-electron chi connectivity index (χ0n) is 24.2. The average Bonchev–Trinajstić information content (AvgIpc) is 3.11. The third-order valence-electron chi connectivity index (χ3n) is 8.19. The maximum Gasteiger partial charge on any atom is 0.417 e. The van der Waals surface area contributed by atoms with Crippen molar-refractivity contribution < 1.29 is 27.9 Å². The highest BCUT2D eigenvalue weighted by Crippen LogP contribution is 2.46. The fourth-order valence-electron chi connectivity index (χ4n) is 3.95. The van der Waals surface area contributed by atoms with E-state index in [0.717, 1.165) is 9.64 Å². The van der Waals surface area contributed by atoms with Crippen LogP contribution in [0.4, 0.5) is 4.79 Å². The highest BCUT2D eigenvalue weighted by Gasteiger charge is 2.71. The molecule has 1 saturated heterocycles. The quantitative estimate of drug-likeness (QED) is 0.260. The molecule has 0 N–H and O–H groups in total. The van der Waals surface area contributed by atoms with Crippen LogP contribution in [0.2, 0.25) is 36.3 Å². The average molecular weight is 529 g/mol. The predicted molar refractivity (Wildman–Crippen MR) is 144 cm³/mol. The van der Waals surface area contributed by atoms with Gasteiger partial charge in [0.1, 0.15) is 11.7 Å². The summed E-state index contributed by atoms with van der Waals surface area (Å²) in [6.45, 7) is 26.6. The molecule has 2 heterocycles. The van der Waals surface area contributed by atoms with Crippen LogP contribution in [0, 0.1) is 5.21 Å². The van der Waals surface area contributed by atoms with Gasteiger partial charge >= 0.3 is 12.0 Å². The van der Waals surface area contributed by atoms with Crippen molar-refractivity contribution in [2.75, 3.05) is 6.61 Å². The van der Waals surface area contributed by atoms with Crippen molar-refractivity contribution in [2.24, 2.45) is 0 Å². The summed E-state index contributed by atoms with van der Waals surface area (Å²) < 4.78 is 19.8. The van der Waals surface area contributed by atoms with Crippen molar-refractivity contribution in [3.8, 4) is 0 Å². The van der Waals surface area contributed by atoms with Crippen LogP contribution in [0.1, 0.15) is 75.2 Å². The van der Waals surface area contributed by atoms with Gasteiger partial charge in [-0.25, -0.2) is 9.69 Å². The number of rotatable bonds is 5. The molecule has 3 atom stereocenters. The summed E-state index contributed by atoms with van der Waals surface area (Å²) in [5.74, 6) is -0.553. The van der Waals surface area contributed by atoms with E-state index >= 15 is 0 Å². The Hall–Kier alpha value is -1.24. The number of carbonyl (C=O) groups excluding carboxylic acids is 2. The molecule has 1 fully saturated rings. The topological polar surface area (TPSA) is 91.1 Å². The van der Waals surface area contributed by atoms with E-state index in [0.29, 0.717) is 12.8 Å². The van der Waals surface area contributed by atoms with E-state index in [4.69, 9.17) is 13.6 Å². The minimum atomic E-state index is -2.44. The first-order valence-corrected chi connectivity index (χ1v) is 18.5. The summed E-state index contributed by atoms with van der Waals surface area (Å²) >= 11 is 0. The molecule has 0 aromatic carbocycles. The van der Waals surface area contributed by atoms with E-state index in [2.05, 4.69) is 67.7 Å². The van der Waals surface area contributed by atoms with Gasteiger partial charge < -0.3 is 18.8 Å². The number of ether oxygens (including phenoxy) is 1. The highest BCUT2D eigenvalue weighted by atomic mass is 28.4. The molecular formula is C25H48N2O6Si2. The van der Waals surface area contributed by atoms with Gasteiger partial charge in [-0.1, -0.05) is 41.5 Å². The van der Waals surface area contributed by atoms with Crippen molar-refractivity contribution in [2.45, 2.75) is 135 Å². The normalized spacial score (nSPS) is 26.5. The summed E-state index contributed by atoms with van der Waals surface area (Å²) in [4.78, 5) is 28.5. The Kier molecular flexibility index (Phi) is 7.93. The van der Waals surface area contributed by atoms with E-state index in [9.17, 15) is 14.8 Å². The number of hydroxylamine groups is 1. The molecule has 202 valence electrons. The van der Waals surface area contributed by atoms with Crippen LogP contribution in [-0.4, -0.2) is 74.4 Å². The summed E-state index contributed by atoms with van der Waals surface area (Å²) in [5, 5.41) is 13.1. The predicted octanol–water partition coefficient (Wildman–Crippen LogP) is 5.66. The third-order valence-corrected chi connectivity index (χ3v) is 17.2. The first-order valence-electron chi connectivity index (χ1n) is 12.7. The largest absolute Gasteiger partial charge is 0.623 e. The Labute approximate surface area is 214 Å². The SMILES string of the molecule is CC(C)(C)OC(=O)N1C(=O)[C@@]2(CCC=[N+]2[O-])[C@@H](O[Si](C)(C)C(C)(C)C)[C@@H]1CO[Si](C)(C)C(C)(C)C. The molecule has 2 aliphatic rings. The molecule has 0 aliphatic carbocycles. The first-order chi connectivity index (χ1) is 15.5. The van der Waals surface area contributed by atoms with Crippen LogP contribution in [0.3, 0.4) is 0 Å². The van der Waals surface area contributed by atoms with E-state index in [-0.39, 0.29) is 16.7 Å². The van der Waals surface area contributed by atoms with Crippen LogP contribution in [0.5, 0.6) is 0 Å². The zero-order chi connectivity index (χ0) is 27.4. The Morgan fingerprint density at radius 2 is 1.57 bits per heavy atom. The van der Waals surface area contributed by atoms with Gasteiger partial charge in [0, 0.05) is 12.8 Å². The molecule has 35 heavy (non-hydrogen) atoms. The fourth-order valence-corrected chi connectivity index (χ4v) is 6.31. The van der Waals surface area contributed by atoms with E-state index < -0.39 is 51.9 Å². The smallest absolute Gasteiger partial charge is 0.417 e. The van der Waals surface area contributed by atoms with E-state index in [1.807, 2.05) is 0 Å². The lowest BCUT2D eigenvalue weighted by molar-refractivity contribution is -0.529. The van der Waals surface area contributed by atoms with E-state index in [1.165, 1.54) is 6.21 Å². The second-order valence-corrected chi connectivity index (χ2v) is 23.6. The van der Waals surface area contributed by atoms with Gasteiger partial charge in [-0.05, 0) is 57.0 Å². The van der Waals surface area contributed by atoms with Crippen molar-refractivity contribution in [3.05, 3.63) is 5.21 Å².